The van der Waals surface area contributed by atoms with Crippen LogP contribution >= 0.6 is 0 Å². The van der Waals surface area contributed by atoms with Gasteiger partial charge in [0, 0.05) is 19.5 Å². The predicted octanol–water partition coefficient (Wildman–Crippen LogP) is 1.43. The van der Waals surface area contributed by atoms with E-state index in [-0.39, 0.29) is 12.5 Å². The molecular weight excluding hydrogens is 352 g/mol. The molecule has 1 heterocycles. The van der Waals surface area contributed by atoms with Crippen LogP contribution in [0.5, 0.6) is 0 Å². The second kappa shape index (κ2) is 14.6. The maximum Gasteiger partial charge on any atom is 0.407 e. The average molecular weight is 389 g/mol. The number of rotatable bonds is 15. The molecule has 1 fully saturated rings. The number of hydrogen-bond donors (Lipinski definition) is 3. The number of alkyl carbamates (subject to hydrolysis) is 1. The molecule has 1 unspecified atom stereocenters. The molecule has 1 aliphatic heterocycles. The number of likely N-dealkylation sites (tertiary alicyclic amines) is 1. The Morgan fingerprint density at radius 1 is 1.04 bits per heavy atom. The van der Waals surface area contributed by atoms with Crippen LogP contribution in [0.15, 0.2) is 0 Å². The van der Waals surface area contributed by atoms with Gasteiger partial charge in [-0.05, 0) is 38.8 Å². The number of nitrogens with one attached hydrogen (secondary N) is 1. The third-order valence-electron chi connectivity index (χ3n) is 4.68. The predicted molar refractivity (Wildman–Crippen MR) is 101 cm³/mol. The van der Waals surface area contributed by atoms with Crippen molar-refractivity contribution < 1.29 is 29.3 Å². The number of hydrogen-bond acceptors (Lipinski definition) is 7. The number of esters is 1. The van der Waals surface area contributed by atoms with Gasteiger partial charge in [-0.15, -0.1) is 0 Å². The number of carbonyl (C=O) groups excluding carboxylic acids is 2. The Kier molecular flexibility index (Phi) is 12.8. The lowest BCUT2D eigenvalue weighted by molar-refractivity contribution is -0.154. The Balaban J connectivity index is 2.33. The van der Waals surface area contributed by atoms with E-state index in [4.69, 9.17) is 19.7 Å². The number of nitrogens with zero attached hydrogens (tertiary/aromatic N) is 1. The van der Waals surface area contributed by atoms with Crippen molar-refractivity contribution in [1.29, 1.82) is 0 Å². The largest absolute Gasteiger partial charge is 0.457 e. The van der Waals surface area contributed by atoms with E-state index in [9.17, 15) is 9.59 Å². The number of carbonyl (C=O) groups is 2. The van der Waals surface area contributed by atoms with Crippen LogP contribution < -0.4 is 5.32 Å². The van der Waals surface area contributed by atoms with Crippen molar-refractivity contribution in [3.8, 4) is 0 Å². The van der Waals surface area contributed by atoms with Gasteiger partial charge < -0.3 is 29.9 Å². The van der Waals surface area contributed by atoms with Gasteiger partial charge in [-0.25, -0.2) is 4.79 Å². The van der Waals surface area contributed by atoms with Gasteiger partial charge in [0.05, 0.1) is 13.2 Å². The molecule has 8 nitrogen and oxygen atoms in total. The summed E-state index contributed by atoms with van der Waals surface area (Å²) in [6.07, 6.45) is 4.93. The zero-order valence-electron chi connectivity index (χ0n) is 16.5. The fraction of sp³-hybridized carbons (Fsp3) is 0.895. The van der Waals surface area contributed by atoms with E-state index < -0.39 is 31.4 Å². The maximum atomic E-state index is 12.0. The van der Waals surface area contributed by atoms with Gasteiger partial charge in [0.2, 0.25) is 0 Å². The minimum absolute atomic E-state index is 0.0794. The molecule has 1 saturated heterocycles. The van der Waals surface area contributed by atoms with E-state index in [2.05, 4.69) is 17.1 Å². The number of amides is 1. The zero-order valence-corrected chi connectivity index (χ0v) is 16.5. The fourth-order valence-electron chi connectivity index (χ4n) is 2.83. The summed E-state index contributed by atoms with van der Waals surface area (Å²) in [7, 11) is 0. The molecule has 0 bridgehead atoms. The van der Waals surface area contributed by atoms with Gasteiger partial charge in [0.25, 0.3) is 0 Å². The SMILES string of the molecule is CCCCCCC(CCC(=O)OC(CO)CO)OC(=O)NCCN1CCC1. The Hall–Kier alpha value is -1.38. The Labute approximate surface area is 162 Å². The smallest absolute Gasteiger partial charge is 0.407 e. The second-order valence-electron chi connectivity index (χ2n) is 7.01. The highest BCUT2D eigenvalue weighted by molar-refractivity contribution is 5.70. The molecular formula is C19H36N2O6. The molecule has 8 heteroatoms. The molecule has 3 N–H and O–H groups in total. The quantitative estimate of drug-likeness (QED) is 0.288. The van der Waals surface area contributed by atoms with Gasteiger partial charge in [-0.3, -0.25) is 4.79 Å². The second-order valence-corrected chi connectivity index (χ2v) is 7.01. The first kappa shape index (κ1) is 23.7. The zero-order chi connectivity index (χ0) is 19.9. The van der Waals surface area contributed by atoms with Gasteiger partial charge in [-0.2, -0.15) is 0 Å². The normalized spacial score (nSPS) is 15.3. The molecule has 1 amide bonds. The van der Waals surface area contributed by atoms with Crippen molar-refractivity contribution in [2.45, 2.75) is 70.5 Å². The Morgan fingerprint density at radius 3 is 2.37 bits per heavy atom. The molecule has 1 rings (SSSR count). The van der Waals surface area contributed by atoms with E-state index in [1.54, 1.807) is 0 Å². The number of unbranched alkanes of at least 4 members (excludes halogenated alkanes) is 3. The average Bonchev–Trinajstić information content (AvgIpc) is 2.62. The van der Waals surface area contributed by atoms with Crippen molar-refractivity contribution in [2.24, 2.45) is 0 Å². The third-order valence-corrected chi connectivity index (χ3v) is 4.68. The van der Waals surface area contributed by atoms with Gasteiger partial charge in [0.1, 0.15) is 12.2 Å². The molecule has 27 heavy (non-hydrogen) atoms. The van der Waals surface area contributed by atoms with Crippen LogP contribution in [0.3, 0.4) is 0 Å². The number of aliphatic hydroxyl groups is 2. The van der Waals surface area contributed by atoms with E-state index in [0.717, 1.165) is 45.3 Å². The van der Waals surface area contributed by atoms with E-state index >= 15 is 0 Å². The Bertz CT molecular complexity index is 413. The summed E-state index contributed by atoms with van der Waals surface area (Å²) in [5.74, 6) is -0.511. The lowest BCUT2D eigenvalue weighted by Crippen LogP contribution is -2.43. The first-order chi connectivity index (χ1) is 13.1. The van der Waals surface area contributed by atoms with Gasteiger partial charge >= 0.3 is 12.1 Å². The van der Waals surface area contributed by atoms with Crippen LogP contribution in [-0.2, 0) is 14.3 Å². The van der Waals surface area contributed by atoms with Crippen LogP contribution in [0, 0.1) is 0 Å². The Morgan fingerprint density at radius 2 is 1.78 bits per heavy atom. The van der Waals surface area contributed by atoms with Gasteiger partial charge in [-0.1, -0.05) is 26.2 Å². The lowest BCUT2D eigenvalue weighted by atomic mass is 10.1. The highest BCUT2D eigenvalue weighted by Crippen LogP contribution is 2.14. The standard InChI is InChI=1S/C19H36N2O6/c1-2-3-4-5-7-16(8-9-18(24)26-17(14-22)15-23)27-19(25)20-10-13-21-11-6-12-21/h16-17,22-23H,2-15H2,1H3,(H,20,25). The van der Waals surface area contributed by atoms with E-state index in [0.29, 0.717) is 19.4 Å². The van der Waals surface area contributed by atoms with Crippen LogP contribution in [0.4, 0.5) is 4.79 Å². The van der Waals surface area contributed by atoms with Crippen molar-refractivity contribution >= 4 is 12.1 Å². The first-order valence-corrected chi connectivity index (χ1v) is 10.2. The molecule has 0 aromatic carbocycles. The first-order valence-electron chi connectivity index (χ1n) is 10.2. The minimum Gasteiger partial charge on any atom is -0.457 e. The summed E-state index contributed by atoms with van der Waals surface area (Å²) in [5, 5.41) is 20.7. The highest BCUT2D eigenvalue weighted by atomic mass is 16.6. The molecule has 0 saturated carbocycles. The molecule has 1 aliphatic rings. The van der Waals surface area contributed by atoms with Crippen LogP contribution in [-0.4, -0.2) is 78.8 Å². The van der Waals surface area contributed by atoms with Crippen molar-refractivity contribution in [2.75, 3.05) is 39.4 Å². The highest BCUT2D eigenvalue weighted by Gasteiger charge is 2.19. The summed E-state index contributed by atoms with van der Waals surface area (Å²) in [6.45, 7) is 4.85. The topological polar surface area (TPSA) is 108 Å². The molecule has 0 aromatic heterocycles. The summed E-state index contributed by atoms with van der Waals surface area (Å²) in [5.41, 5.74) is 0. The summed E-state index contributed by atoms with van der Waals surface area (Å²) in [6, 6.07) is 0. The minimum atomic E-state index is -0.897. The van der Waals surface area contributed by atoms with Crippen LogP contribution in [0.25, 0.3) is 0 Å². The molecule has 0 aliphatic carbocycles. The van der Waals surface area contributed by atoms with Gasteiger partial charge in [0.15, 0.2) is 0 Å². The third kappa shape index (κ3) is 11.1. The van der Waals surface area contributed by atoms with E-state index in [1.165, 1.54) is 6.42 Å². The van der Waals surface area contributed by atoms with Crippen molar-refractivity contribution in [3.63, 3.8) is 0 Å². The fourth-order valence-corrected chi connectivity index (χ4v) is 2.83. The monoisotopic (exact) mass is 388 g/mol. The molecule has 1 atom stereocenters. The molecule has 0 radical (unpaired) electrons. The maximum absolute atomic E-state index is 12.0. The molecule has 0 spiro atoms. The molecule has 0 aromatic rings. The summed E-state index contributed by atoms with van der Waals surface area (Å²) < 4.78 is 10.5. The van der Waals surface area contributed by atoms with Crippen LogP contribution in [0.2, 0.25) is 0 Å². The number of aliphatic hydroxyl groups excluding tert-OH is 2. The van der Waals surface area contributed by atoms with E-state index in [1.807, 2.05) is 0 Å². The number of ether oxygens (including phenoxy) is 2. The summed E-state index contributed by atoms with van der Waals surface area (Å²) >= 11 is 0. The van der Waals surface area contributed by atoms with Crippen molar-refractivity contribution in [3.05, 3.63) is 0 Å². The summed E-state index contributed by atoms with van der Waals surface area (Å²) in [4.78, 5) is 26.1. The van der Waals surface area contributed by atoms with Crippen molar-refractivity contribution in [1.82, 2.24) is 10.2 Å². The van der Waals surface area contributed by atoms with Crippen LogP contribution in [0.1, 0.15) is 58.3 Å². The lowest BCUT2D eigenvalue weighted by Gasteiger charge is -2.30. The molecule has 158 valence electrons.